The fourth-order valence-corrected chi connectivity index (χ4v) is 5.11. The van der Waals surface area contributed by atoms with E-state index in [0.29, 0.717) is 31.0 Å². The lowest BCUT2D eigenvalue weighted by atomic mass is 9.77. The first-order valence-electron chi connectivity index (χ1n) is 11.3. The molecule has 0 atom stereocenters. The molecule has 5 nitrogen and oxygen atoms in total. The number of piperidine rings is 1. The van der Waals surface area contributed by atoms with Gasteiger partial charge in [-0.1, -0.05) is 43.0 Å². The van der Waals surface area contributed by atoms with E-state index in [4.69, 9.17) is 11.6 Å². The number of anilines is 2. The third kappa shape index (κ3) is 4.39. The van der Waals surface area contributed by atoms with Crippen molar-refractivity contribution in [3.63, 3.8) is 0 Å². The predicted octanol–water partition coefficient (Wildman–Crippen LogP) is 5.54. The van der Waals surface area contributed by atoms with Crippen molar-refractivity contribution in [1.29, 1.82) is 0 Å². The maximum Gasteiger partial charge on any atom is 0.246 e. The maximum atomic E-state index is 12.7. The first-order valence-corrected chi connectivity index (χ1v) is 11.7. The fraction of sp³-hybridized carbons (Fsp3) is 0.407. The van der Waals surface area contributed by atoms with Crippen LogP contribution in [0.3, 0.4) is 0 Å². The van der Waals surface area contributed by atoms with Gasteiger partial charge in [-0.2, -0.15) is 0 Å². The summed E-state index contributed by atoms with van der Waals surface area (Å²) in [5.74, 6) is 0.106. The first kappa shape index (κ1) is 24.8. The number of likely N-dealkylation sites (N-methyl/N-ethyl adjacent to an activating group) is 1. The topological polar surface area (TPSA) is 52.7 Å². The number of hydrogen-bond donors (Lipinski definition) is 1. The Balaban J connectivity index is 2.02. The van der Waals surface area contributed by atoms with Crippen LogP contribution < -0.4 is 10.2 Å². The monoisotopic (exact) mass is 467 g/mol. The van der Waals surface area contributed by atoms with Crippen molar-refractivity contribution in [1.82, 2.24) is 4.90 Å². The minimum Gasteiger partial charge on any atom is -0.375 e. The zero-order valence-corrected chi connectivity index (χ0v) is 21.1. The Morgan fingerprint density at radius 1 is 1.24 bits per heavy atom. The van der Waals surface area contributed by atoms with Gasteiger partial charge in [0.2, 0.25) is 11.8 Å². The number of likely N-dealkylation sites (tertiary alicyclic amines) is 1. The molecule has 0 radical (unpaired) electrons. The van der Waals surface area contributed by atoms with E-state index < -0.39 is 11.0 Å². The molecule has 176 valence electrons. The molecular formula is C27H34ClN3O2. The number of hydrogen-bond acceptors (Lipinski definition) is 3. The molecule has 6 heteroatoms. The van der Waals surface area contributed by atoms with Gasteiger partial charge in [0.1, 0.15) is 0 Å². The predicted molar refractivity (Wildman–Crippen MR) is 138 cm³/mol. The zero-order valence-electron chi connectivity index (χ0n) is 20.3. The number of nitrogens with zero attached hydrogens (tertiary/aromatic N) is 2. The minimum atomic E-state index is -0.544. The minimum absolute atomic E-state index is 0.0219. The Labute approximate surface area is 202 Å². The standard InChI is InChI=1S/C27H34ClN3O2/c1-8-10-24(32)31-15-13-27(14-16-31,21(9-2)18(3)19(4)28)29-20-11-12-22-23(17-20)30(7)25(33)26(22,5)6/h8-12,17,29H,2,4,13-16H2,1,3,5-7H3/b10-8+,21-18+. The number of fused-ring (bicyclic) bond motifs is 1. The molecule has 1 aromatic carbocycles. The summed E-state index contributed by atoms with van der Waals surface area (Å²) in [6.07, 6.45) is 6.59. The average molecular weight is 468 g/mol. The Morgan fingerprint density at radius 2 is 1.88 bits per heavy atom. The number of amides is 2. The van der Waals surface area contributed by atoms with Crippen molar-refractivity contribution in [3.05, 3.63) is 71.3 Å². The molecule has 1 aromatic rings. The molecule has 33 heavy (non-hydrogen) atoms. The molecule has 1 saturated heterocycles. The van der Waals surface area contributed by atoms with Crippen LogP contribution in [0.4, 0.5) is 11.4 Å². The molecule has 2 aliphatic heterocycles. The van der Waals surface area contributed by atoms with E-state index in [1.54, 1.807) is 17.1 Å². The molecule has 0 aromatic heterocycles. The maximum absolute atomic E-state index is 12.7. The van der Waals surface area contributed by atoms with Crippen LogP contribution in [0, 0.1) is 0 Å². The summed E-state index contributed by atoms with van der Waals surface area (Å²) in [6.45, 7) is 16.9. The van der Waals surface area contributed by atoms with E-state index in [1.165, 1.54) is 0 Å². The Hall–Kier alpha value is -2.79. The number of allylic oxidation sites excluding steroid dienone is 3. The van der Waals surface area contributed by atoms with E-state index in [9.17, 15) is 9.59 Å². The summed E-state index contributed by atoms with van der Waals surface area (Å²) in [6, 6.07) is 6.09. The molecule has 0 bridgehead atoms. The number of rotatable bonds is 6. The van der Waals surface area contributed by atoms with Crippen molar-refractivity contribution in [2.45, 2.75) is 51.5 Å². The van der Waals surface area contributed by atoms with Crippen LogP contribution in [0.5, 0.6) is 0 Å². The molecule has 1 fully saturated rings. The third-order valence-corrected chi connectivity index (χ3v) is 7.31. The zero-order chi connectivity index (χ0) is 24.6. The van der Waals surface area contributed by atoms with Gasteiger partial charge in [-0.25, -0.2) is 0 Å². The third-order valence-electron chi connectivity index (χ3n) is 7.02. The van der Waals surface area contributed by atoms with Gasteiger partial charge in [0.25, 0.3) is 0 Å². The van der Waals surface area contributed by atoms with Gasteiger partial charge in [-0.05, 0) is 75.5 Å². The van der Waals surface area contributed by atoms with Crippen LogP contribution in [0.15, 0.2) is 65.8 Å². The van der Waals surface area contributed by atoms with Crippen molar-refractivity contribution >= 4 is 34.8 Å². The summed E-state index contributed by atoms with van der Waals surface area (Å²) in [7, 11) is 1.82. The number of carbonyl (C=O) groups excluding carboxylic acids is 2. The summed E-state index contributed by atoms with van der Waals surface area (Å²) in [5, 5.41) is 4.21. The van der Waals surface area contributed by atoms with Crippen LogP contribution in [0.1, 0.15) is 46.1 Å². The van der Waals surface area contributed by atoms with Crippen LogP contribution in [0.25, 0.3) is 0 Å². The van der Waals surface area contributed by atoms with Crippen LogP contribution in [-0.4, -0.2) is 42.4 Å². The summed E-state index contributed by atoms with van der Waals surface area (Å²) in [4.78, 5) is 28.7. The Kier molecular flexibility index (Phi) is 6.94. The van der Waals surface area contributed by atoms with E-state index in [2.05, 4.69) is 18.5 Å². The highest BCUT2D eigenvalue weighted by Gasteiger charge is 2.43. The molecule has 3 rings (SSSR count). The van der Waals surface area contributed by atoms with E-state index >= 15 is 0 Å². The van der Waals surface area contributed by atoms with Gasteiger partial charge in [-0.15, -0.1) is 0 Å². The summed E-state index contributed by atoms with van der Waals surface area (Å²) >= 11 is 6.30. The second kappa shape index (κ2) is 9.22. The lowest BCUT2D eigenvalue weighted by Gasteiger charge is -2.44. The van der Waals surface area contributed by atoms with Crippen molar-refractivity contribution in [3.8, 4) is 0 Å². The highest BCUT2D eigenvalue weighted by Crippen LogP contribution is 2.44. The molecule has 2 heterocycles. The van der Waals surface area contributed by atoms with Crippen LogP contribution >= 0.6 is 11.6 Å². The lowest BCUT2D eigenvalue weighted by Crippen LogP contribution is -2.51. The molecular weight excluding hydrogens is 434 g/mol. The number of nitrogens with one attached hydrogen (secondary N) is 1. The highest BCUT2D eigenvalue weighted by atomic mass is 35.5. The largest absolute Gasteiger partial charge is 0.375 e. The normalized spacial score (nSPS) is 19.9. The molecule has 0 spiro atoms. The lowest BCUT2D eigenvalue weighted by molar-refractivity contribution is -0.127. The van der Waals surface area contributed by atoms with Crippen molar-refractivity contribution < 1.29 is 9.59 Å². The van der Waals surface area contributed by atoms with E-state index in [-0.39, 0.29) is 11.8 Å². The van der Waals surface area contributed by atoms with Gasteiger partial charge in [0.15, 0.2) is 0 Å². The van der Waals surface area contributed by atoms with Crippen LogP contribution in [0.2, 0.25) is 0 Å². The highest BCUT2D eigenvalue weighted by molar-refractivity contribution is 6.31. The van der Waals surface area contributed by atoms with Crippen LogP contribution in [-0.2, 0) is 15.0 Å². The van der Waals surface area contributed by atoms with Gasteiger partial charge < -0.3 is 15.1 Å². The molecule has 0 aliphatic carbocycles. The van der Waals surface area contributed by atoms with Gasteiger partial charge >= 0.3 is 0 Å². The van der Waals surface area contributed by atoms with Gasteiger partial charge in [0, 0.05) is 36.5 Å². The summed E-state index contributed by atoms with van der Waals surface area (Å²) < 4.78 is 0. The van der Waals surface area contributed by atoms with E-state index in [1.807, 2.05) is 63.9 Å². The summed E-state index contributed by atoms with van der Waals surface area (Å²) in [5.41, 5.74) is 3.68. The Morgan fingerprint density at radius 3 is 2.42 bits per heavy atom. The molecule has 1 N–H and O–H groups in total. The average Bonchev–Trinajstić information content (AvgIpc) is 2.94. The molecule has 0 unspecified atom stereocenters. The van der Waals surface area contributed by atoms with Gasteiger partial charge in [-0.3, -0.25) is 9.59 Å². The molecule has 0 saturated carbocycles. The number of benzene rings is 1. The Bertz CT molecular complexity index is 1060. The fourth-order valence-electron chi connectivity index (χ4n) is 5.01. The smallest absolute Gasteiger partial charge is 0.246 e. The second-order valence-corrected chi connectivity index (χ2v) is 9.86. The van der Waals surface area contributed by atoms with Gasteiger partial charge in [0.05, 0.1) is 11.0 Å². The SMILES string of the molecule is C=C/C(=C(/C)C(=C)Cl)C1(Nc2ccc3c(c2)N(C)C(=O)C3(C)C)CCN(C(=O)/C=C/C)CC1. The van der Waals surface area contributed by atoms with Crippen molar-refractivity contribution in [2.24, 2.45) is 0 Å². The molecule has 2 aliphatic rings. The quantitative estimate of drug-likeness (QED) is 0.441. The number of carbonyl (C=O) groups is 2. The molecule has 2 amide bonds. The second-order valence-electron chi connectivity index (χ2n) is 9.40. The number of halogens is 1. The van der Waals surface area contributed by atoms with E-state index in [0.717, 1.165) is 28.1 Å². The first-order chi connectivity index (χ1) is 15.5. The van der Waals surface area contributed by atoms with Crippen molar-refractivity contribution in [2.75, 3.05) is 30.4 Å².